The number of rotatable bonds is 4. The van der Waals surface area contributed by atoms with Crippen LogP contribution in [-0.4, -0.2) is 62.9 Å². The number of amides is 2. The van der Waals surface area contributed by atoms with E-state index in [1.165, 1.54) is 5.01 Å². The number of piperidine rings is 1. The first kappa shape index (κ1) is 22.6. The molecule has 0 aromatic heterocycles. The molecule has 1 N–H and O–H groups in total. The number of carbonyl (C=O) groups excluding carboxylic acids is 2. The Hall–Kier alpha value is -3.55. The first-order valence-electron chi connectivity index (χ1n) is 11.2. The minimum Gasteiger partial charge on any atom is -0.493 e. The molecule has 8 nitrogen and oxygen atoms in total. The molecule has 2 aliphatic heterocycles. The molecule has 174 valence electrons. The van der Waals surface area contributed by atoms with Gasteiger partial charge in [0.1, 0.15) is 5.78 Å². The highest BCUT2D eigenvalue weighted by atomic mass is 16.5. The van der Waals surface area contributed by atoms with Crippen molar-refractivity contribution >= 4 is 23.2 Å². The summed E-state index contributed by atoms with van der Waals surface area (Å²) in [6.07, 6.45) is 1.79. The van der Waals surface area contributed by atoms with Crippen molar-refractivity contribution in [2.75, 3.05) is 39.3 Å². The third-order valence-electron chi connectivity index (χ3n) is 6.25. The van der Waals surface area contributed by atoms with E-state index < -0.39 is 0 Å². The lowest BCUT2D eigenvalue weighted by atomic mass is 9.93. The Bertz CT molecular complexity index is 1070. The van der Waals surface area contributed by atoms with Gasteiger partial charge >= 0.3 is 6.03 Å². The summed E-state index contributed by atoms with van der Waals surface area (Å²) in [5, 5.41) is 8.99. The number of nitrogens with one attached hydrogen (secondary N) is 1. The maximum absolute atomic E-state index is 12.6. The van der Waals surface area contributed by atoms with Crippen LogP contribution in [0.4, 0.5) is 10.5 Å². The van der Waals surface area contributed by atoms with Gasteiger partial charge in [-0.3, -0.25) is 4.79 Å². The van der Waals surface area contributed by atoms with E-state index in [0.29, 0.717) is 42.3 Å². The van der Waals surface area contributed by atoms with Gasteiger partial charge in [0.05, 0.1) is 26.0 Å². The van der Waals surface area contributed by atoms with Gasteiger partial charge in [0, 0.05) is 49.8 Å². The van der Waals surface area contributed by atoms with Gasteiger partial charge in [-0.25, -0.2) is 9.80 Å². The molecule has 0 bridgehead atoms. The van der Waals surface area contributed by atoms with Crippen molar-refractivity contribution in [3.8, 4) is 11.5 Å². The summed E-state index contributed by atoms with van der Waals surface area (Å²) in [6.45, 7) is 3.45. The third-order valence-corrected chi connectivity index (χ3v) is 6.25. The van der Waals surface area contributed by atoms with E-state index in [-0.39, 0.29) is 12.1 Å². The minimum absolute atomic E-state index is 0.149. The molecular weight excluding hydrogens is 420 g/mol. The first-order valence-corrected chi connectivity index (χ1v) is 11.2. The Morgan fingerprint density at radius 3 is 2.30 bits per heavy atom. The number of nitrogens with zero attached hydrogens (tertiary/aromatic N) is 3. The van der Waals surface area contributed by atoms with Crippen LogP contribution in [-0.2, 0) is 11.2 Å². The number of anilines is 1. The summed E-state index contributed by atoms with van der Waals surface area (Å²) in [5.41, 5.74) is 4.60. The van der Waals surface area contributed by atoms with Crippen LogP contribution in [0.15, 0.2) is 41.5 Å². The highest BCUT2D eigenvalue weighted by Gasteiger charge is 2.28. The maximum atomic E-state index is 12.6. The number of ketones is 1. The molecule has 2 aliphatic rings. The van der Waals surface area contributed by atoms with Gasteiger partial charge in [-0.1, -0.05) is 12.1 Å². The predicted molar refractivity (Wildman–Crippen MR) is 128 cm³/mol. The number of hydrogen-bond donors (Lipinski definition) is 1. The molecule has 0 spiro atoms. The monoisotopic (exact) mass is 450 g/mol. The van der Waals surface area contributed by atoms with Crippen LogP contribution in [0.1, 0.15) is 36.5 Å². The number of Topliss-reactive ketones (excluding diaryl/α,β-unsaturated/α-hetero) is 1. The van der Waals surface area contributed by atoms with Gasteiger partial charge in [-0.2, -0.15) is 5.10 Å². The Labute approximate surface area is 194 Å². The molecule has 0 aliphatic carbocycles. The summed E-state index contributed by atoms with van der Waals surface area (Å²) >= 11 is 0. The van der Waals surface area contributed by atoms with Crippen LogP contribution in [0.5, 0.6) is 11.5 Å². The molecule has 2 heterocycles. The second kappa shape index (κ2) is 9.52. The smallest absolute Gasteiger partial charge is 0.337 e. The summed E-state index contributed by atoms with van der Waals surface area (Å²) in [6, 6.07) is 11.6. The van der Waals surface area contributed by atoms with Gasteiger partial charge in [-0.15, -0.1) is 0 Å². The second-order valence-corrected chi connectivity index (χ2v) is 8.34. The van der Waals surface area contributed by atoms with Crippen LogP contribution in [0.2, 0.25) is 0 Å². The zero-order valence-corrected chi connectivity index (χ0v) is 19.6. The first-order chi connectivity index (χ1) is 15.9. The molecule has 2 aromatic carbocycles. The standard InChI is InChI=1S/C25H30N4O4/c1-16-13-18-14-22(32-3)23(33-4)15-21(18)24(27-29(16)25(31)26-2)17-5-7-19(8-6-17)28-11-9-20(30)10-12-28/h5-8,14-16H,9-13H2,1-4H3,(H,26,31). The number of benzene rings is 2. The van der Waals surface area contributed by atoms with Gasteiger partial charge in [-0.05, 0) is 43.2 Å². The van der Waals surface area contributed by atoms with E-state index in [0.717, 1.165) is 35.5 Å². The van der Waals surface area contributed by atoms with E-state index in [9.17, 15) is 9.59 Å². The van der Waals surface area contributed by atoms with Gasteiger partial charge in [0.2, 0.25) is 0 Å². The van der Waals surface area contributed by atoms with Crippen molar-refractivity contribution < 1.29 is 19.1 Å². The summed E-state index contributed by atoms with van der Waals surface area (Å²) in [4.78, 5) is 26.4. The molecule has 2 amide bonds. The lowest BCUT2D eigenvalue weighted by Crippen LogP contribution is -2.41. The molecule has 4 rings (SSSR count). The fraction of sp³-hybridized carbons (Fsp3) is 0.400. The lowest BCUT2D eigenvalue weighted by molar-refractivity contribution is -0.119. The van der Waals surface area contributed by atoms with Gasteiger partial charge in [0.25, 0.3) is 0 Å². The van der Waals surface area contributed by atoms with E-state index in [4.69, 9.17) is 14.6 Å². The van der Waals surface area contributed by atoms with Crippen molar-refractivity contribution in [3.63, 3.8) is 0 Å². The third kappa shape index (κ3) is 4.51. The number of hydrogen-bond acceptors (Lipinski definition) is 6. The van der Waals surface area contributed by atoms with Crippen LogP contribution in [0, 0.1) is 0 Å². The van der Waals surface area contributed by atoms with Crippen molar-refractivity contribution in [1.82, 2.24) is 10.3 Å². The topological polar surface area (TPSA) is 83.5 Å². The SMILES string of the molecule is CNC(=O)N1N=C(c2ccc(N3CCC(=O)CC3)cc2)c2cc(OC)c(OC)cc2CC1C. The molecular formula is C25H30N4O4. The zero-order chi connectivity index (χ0) is 23.5. The van der Waals surface area contributed by atoms with E-state index >= 15 is 0 Å². The molecule has 0 radical (unpaired) electrons. The fourth-order valence-corrected chi connectivity index (χ4v) is 4.39. The Morgan fingerprint density at radius 2 is 1.70 bits per heavy atom. The number of urea groups is 1. The largest absolute Gasteiger partial charge is 0.493 e. The maximum Gasteiger partial charge on any atom is 0.337 e. The molecule has 1 saturated heterocycles. The van der Waals surface area contributed by atoms with Crippen LogP contribution in [0.25, 0.3) is 0 Å². The van der Waals surface area contributed by atoms with E-state index in [2.05, 4.69) is 10.2 Å². The highest BCUT2D eigenvalue weighted by molar-refractivity contribution is 6.14. The summed E-state index contributed by atoms with van der Waals surface area (Å²) in [7, 11) is 4.82. The summed E-state index contributed by atoms with van der Waals surface area (Å²) in [5.74, 6) is 1.57. The molecule has 1 fully saturated rings. The number of ether oxygens (including phenoxy) is 2. The normalized spacial score (nSPS) is 18.2. The lowest BCUT2D eigenvalue weighted by Gasteiger charge is -2.28. The summed E-state index contributed by atoms with van der Waals surface area (Å²) < 4.78 is 11.1. The molecule has 1 atom stereocenters. The molecule has 1 unspecified atom stereocenters. The van der Waals surface area contributed by atoms with Crippen molar-refractivity contribution in [3.05, 3.63) is 53.1 Å². The van der Waals surface area contributed by atoms with Crippen LogP contribution >= 0.6 is 0 Å². The molecule has 8 heteroatoms. The Morgan fingerprint density at radius 1 is 1.06 bits per heavy atom. The van der Waals surface area contributed by atoms with Crippen LogP contribution < -0.4 is 19.7 Å². The average Bonchev–Trinajstić information content (AvgIpc) is 2.98. The van der Waals surface area contributed by atoms with Gasteiger partial charge < -0.3 is 19.7 Å². The van der Waals surface area contributed by atoms with E-state index in [1.807, 2.05) is 43.3 Å². The molecule has 2 aromatic rings. The minimum atomic E-state index is -0.263. The zero-order valence-electron chi connectivity index (χ0n) is 19.6. The highest BCUT2D eigenvalue weighted by Crippen LogP contribution is 2.35. The number of fused-ring (bicyclic) bond motifs is 1. The second-order valence-electron chi connectivity index (χ2n) is 8.34. The Balaban J connectivity index is 1.78. The predicted octanol–water partition coefficient (Wildman–Crippen LogP) is 3.21. The average molecular weight is 451 g/mol. The van der Waals surface area contributed by atoms with Crippen molar-refractivity contribution in [1.29, 1.82) is 0 Å². The van der Waals surface area contributed by atoms with Crippen molar-refractivity contribution in [2.45, 2.75) is 32.2 Å². The number of carbonyl (C=O) groups is 2. The molecule has 33 heavy (non-hydrogen) atoms. The number of hydrazone groups is 1. The quantitative estimate of drug-likeness (QED) is 0.773. The van der Waals surface area contributed by atoms with Crippen molar-refractivity contribution in [2.24, 2.45) is 5.10 Å². The van der Waals surface area contributed by atoms with Gasteiger partial charge in [0.15, 0.2) is 11.5 Å². The van der Waals surface area contributed by atoms with Crippen LogP contribution in [0.3, 0.4) is 0 Å². The molecule has 0 saturated carbocycles. The van der Waals surface area contributed by atoms with E-state index in [1.54, 1.807) is 21.3 Å². The number of methoxy groups -OCH3 is 2. The Kier molecular flexibility index (Phi) is 6.53. The fourth-order valence-electron chi connectivity index (χ4n) is 4.39.